The summed E-state index contributed by atoms with van der Waals surface area (Å²) in [6.07, 6.45) is 15.7. The number of hydrogen-bond acceptors (Lipinski definition) is 7. The molecule has 3 atom stereocenters. The minimum Gasteiger partial charge on any atom is -0.480 e. The molecule has 1 amide bonds. The van der Waals surface area contributed by atoms with Gasteiger partial charge >= 0.3 is 5.97 Å². The van der Waals surface area contributed by atoms with Crippen LogP contribution in [0.1, 0.15) is 79.8 Å². The summed E-state index contributed by atoms with van der Waals surface area (Å²) in [6, 6.07) is 13.6. The van der Waals surface area contributed by atoms with Crippen LogP contribution in [0.2, 0.25) is 0 Å². The zero-order chi connectivity index (χ0) is 32.6. The number of nitrogens with one attached hydrogen (secondary N) is 1. The third kappa shape index (κ3) is 12.1. The highest BCUT2D eigenvalue weighted by molar-refractivity contribution is 7.99. The monoisotopic (exact) mass is 674 g/mol. The number of carboxylic acid groups (broad SMARTS) is 1. The maximum absolute atomic E-state index is 13.4. The molecular weight excluding hydrogens is 621 g/mol. The van der Waals surface area contributed by atoms with E-state index in [1.165, 1.54) is 44.3 Å². The highest BCUT2D eigenvalue weighted by Crippen LogP contribution is 2.32. The van der Waals surface area contributed by atoms with E-state index in [2.05, 4.69) is 35.7 Å². The Morgan fingerprint density at radius 3 is 2.38 bits per heavy atom. The SMILES string of the molecule is CCCSC.CSCCC(NC(=O)c1ccc(CN2CC(SC)CC2COC2CCCCC2)cc1-c1ccccc1C)C(=O)O. The summed E-state index contributed by atoms with van der Waals surface area (Å²) in [7, 11) is 0. The number of aliphatic carboxylic acids is 1. The lowest BCUT2D eigenvalue weighted by molar-refractivity contribution is -0.139. The van der Waals surface area contributed by atoms with Crippen LogP contribution in [0.25, 0.3) is 11.1 Å². The topological polar surface area (TPSA) is 78.9 Å². The molecule has 4 rings (SSSR count). The predicted molar refractivity (Wildman–Crippen MR) is 196 cm³/mol. The molecule has 1 heterocycles. The largest absolute Gasteiger partial charge is 0.480 e. The lowest BCUT2D eigenvalue weighted by Gasteiger charge is -2.28. The number of carbonyl (C=O) groups is 2. The van der Waals surface area contributed by atoms with Gasteiger partial charge in [-0.25, -0.2) is 4.79 Å². The van der Waals surface area contributed by atoms with Crippen molar-refractivity contribution in [1.29, 1.82) is 0 Å². The van der Waals surface area contributed by atoms with E-state index in [1.54, 1.807) is 11.8 Å². The Morgan fingerprint density at radius 1 is 1.02 bits per heavy atom. The number of carboxylic acids is 1. The van der Waals surface area contributed by atoms with Crippen LogP contribution in [0.3, 0.4) is 0 Å². The van der Waals surface area contributed by atoms with Gasteiger partial charge in [0.1, 0.15) is 6.04 Å². The van der Waals surface area contributed by atoms with Crippen LogP contribution in [0.5, 0.6) is 0 Å². The first-order valence-electron chi connectivity index (χ1n) is 16.4. The van der Waals surface area contributed by atoms with Gasteiger partial charge in [-0.1, -0.05) is 56.5 Å². The summed E-state index contributed by atoms with van der Waals surface area (Å²) in [5.74, 6) is 0.621. The molecule has 3 unspecified atom stereocenters. The molecule has 0 spiro atoms. The molecule has 1 saturated heterocycles. The van der Waals surface area contributed by atoms with E-state index >= 15 is 0 Å². The average molecular weight is 675 g/mol. The Bertz CT molecular complexity index is 1190. The normalized spacial score (nSPS) is 19.5. The van der Waals surface area contributed by atoms with Crippen LogP contribution in [0.4, 0.5) is 0 Å². The maximum Gasteiger partial charge on any atom is 0.326 e. The molecule has 2 aromatic rings. The van der Waals surface area contributed by atoms with E-state index in [-0.39, 0.29) is 5.91 Å². The number of carbonyl (C=O) groups excluding carboxylic acids is 1. The molecule has 1 aliphatic carbocycles. The Labute approximate surface area is 284 Å². The zero-order valence-corrected chi connectivity index (χ0v) is 30.3. The number of aryl methyl sites for hydroxylation is 1. The van der Waals surface area contributed by atoms with E-state index in [9.17, 15) is 14.7 Å². The second-order valence-corrected chi connectivity index (χ2v) is 15.2. The van der Waals surface area contributed by atoms with Gasteiger partial charge in [0, 0.05) is 29.9 Å². The van der Waals surface area contributed by atoms with Crippen molar-refractivity contribution in [3.8, 4) is 11.1 Å². The first-order chi connectivity index (χ1) is 21.8. The summed E-state index contributed by atoms with van der Waals surface area (Å²) in [5, 5.41) is 13.1. The van der Waals surface area contributed by atoms with Crippen LogP contribution in [-0.4, -0.2) is 88.7 Å². The van der Waals surface area contributed by atoms with Gasteiger partial charge in [0.15, 0.2) is 0 Å². The van der Waals surface area contributed by atoms with Gasteiger partial charge in [-0.3, -0.25) is 9.69 Å². The standard InChI is InChI=1S/C32H44N2O4S2.C4H10S/c1-22-9-7-8-12-27(22)29-17-23(13-14-28(29)31(35)33-30(32(36)37)15-16-39-2)19-34-20-26(40-3)18-24(34)21-38-25-10-5-4-6-11-25;1-3-4-5-2/h7-9,12-14,17,24-26,30H,4-6,10-11,15-16,18-21H2,1-3H3,(H,33,35)(H,36,37);3-4H2,1-2H3. The number of rotatable bonds is 15. The highest BCUT2D eigenvalue weighted by atomic mass is 32.2. The van der Waals surface area contributed by atoms with E-state index in [1.807, 2.05) is 73.1 Å². The molecular formula is C36H54N2O4S3. The van der Waals surface area contributed by atoms with E-state index < -0.39 is 12.0 Å². The van der Waals surface area contributed by atoms with Crippen molar-refractivity contribution < 1.29 is 19.4 Å². The molecule has 0 radical (unpaired) electrons. The van der Waals surface area contributed by atoms with Gasteiger partial charge in [0.25, 0.3) is 5.91 Å². The van der Waals surface area contributed by atoms with E-state index in [0.717, 1.165) is 48.4 Å². The van der Waals surface area contributed by atoms with E-state index in [4.69, 9.17) is 4.74 Å². The quantitative estimate of drug-likeness (QED) is 0.197. The van der Waals surface area contributed by atoms with Crippen molar-refractivity contribution in [1.82, 2.24) is 10.2 Å². The molecule has 2 aromatic carbocycles. The minimum absolute atomic E-state index is 0.347. The Morgan fingerprint density at radius 2 is 1.76 bits per heavy atom. The van der Waals surface area contributed by atoms with Gasteiger partial charge in [-0.2, -0.15) is 35.3 Å². The van der Waals surface area contributed by atoms with Crippen molar-refractivity contribution in [2.75, 3.05) is 43.4 Å². The van der Waals surface area contributed by atoms with Crippen LogP contribution in [-0.2, 0) is 16.1 Å². The fourth-order valence-electron chi connectivity index (χ4n) is 6.11. The second kappa shape index (κ2) is 20.6. The molecule has 2 N–H and O–H groups in total. The zero-order valence-electron chi connectivity index (χ0n) is 27.9. The molecule has 9 heteroatoms. The van der Waals surface area contributed by atoms with Gasteiger partial charge in [-0.05, 0) is 104 Å². The number of likely N-dealkylation sites (tertiary alicyclic amines) is 1. The maximum atomic E-state index is 13.4. The average Bonchev–Trinajstić information content (AvgIpc) is 3.44. The third-order valence-corrected chi connectivity index (χ3v) is 11.1. The van der Waals surface area contributed by atoms with Gasteiger partial charge < -0.3 is 15.2 Å². The van der Waals surface area contributed by atoms with Crippen LogP contribution in [0, 0.1) is 6.92 Å². The van der Waals surface area contributed by atoms with Crippen molar-refractivity contribution in [2.45, 2.75) is 95.2 Å². The lowest BCUT2D eigenvalue weighted by atomic mass is 9.93. The molecule has 250 valence electrons. The number of thioether (sulfide) groups is 3. The fourth-order valence-corrected chi connectivity index (χ4v) is 7.74. The van der Waals surface area contributed by atoms with Crippen LogP contribution >= 0.6 is 35.3 Å². The van der Waals surface area contributed by atoms with Gasteiger partial charge in [0.2, 0.25) is 0 Å². The summed E-state index contributed by atoms with van der Waals surface area (Å²) in [4.78, 5) is 27.8. The number of nitrogens with zero attached hydrogens (tertiary/aromatic N) is 1. The molecule has 1 saturated carbocycles. The molecule has 0 aromatic heterocycles. The summed E-state index contributed by atoms with van der Waals surface area (Å²) >= 11 is 5.41. The lowest BCUT2D eigenvalue weighted by Crippen LogP contribution is -2.41. The Hall–Kier alpha value is -1.65. The molecule has 1 aliphatic heterocycles. The highest BCUT2D eigenvalue weighted by Gasteiger charge is 2.33. The van der Waals surface area contributed by atoms with Crippen LogP contribution < -0.4 is 5.32 Å². The second-order valence-electron chi connectivity index (χ2n) is 12.1. The smallest absolute Gasteiger partial charge is 0.326 e. The minimum atomic E-state index is -1.00. The van der Waals surface area contributed by atoms with Gasteiger partial charge in [-0.15, -0.1) is 0 Å². The van der Waals surface area contributed by atoms with Crippen molar-refractivity contribution in [3.05, 3.63) is 59.2 Å². The number of hydrogen-bond donors (Lipinski definition) is 2. The molecule has 45 heavy (non-hydrogen) atoms. The van der Waals surface area contributed by atoms with E-state index in [0.29, 0.717) is 35.1 Å². The molecule has 6 nitrogen and oxygen atoms in total. The first kappa shape index (κ1) is 37.8. The molecule has 0 bridgehead atoms. The Kier molecular flexibility index (Phi) is 17.3. The number of benzene rings is 2. The summed E-state index contributed by atoms with van der Waals surface area (Å²) in [6.45, 7) is 6.83. The number of ether oxygens (including phenoxy) is 1. The van der Waals surface area contributed by atoms with Gasteiger partial charge in [0.05, 0.1) is 12.7 Å². The molecule has 2 aliphatic rings. The summed E-state index contributed by atoms with van der Waals surface area (Å²) < 4.78 is 6.42. The first-order valence-corrected chi connectivity index (χ1v) is 20.5. The third-order valence-electron chi connectivity index (χ3n) is 8.67. The van der Waals surface area contributed by atoms with Crippen LogP contribution in [0.15, 0.2) is 42.5 Å². The van der Waals surface area contributed by atoms with Crippen molar-refractivity contribution >= 4 is 47.2 Å². The Balaban J connectivity index is 0.00000102. The summed E-state index contributed by atoms with van der Waals surface area (Å²) in [5.41, 5.74) is 4.57. The van der Waals surface area contributed by atoms with Crippen molar-refractivity contribution in [3.63, 3.8) is 0 Å². The predicted octanol–water partition coefficient (Wildman–Crippen LogP) is 8.01. The number of amides is 1. The molecule has 2 fully saturated rings. The van der Waals surface area contributed by atoms with Crippen molar-refractivity contribution in [2.24, 2.45) is 0 Å². The fraction of sp³-hybridized carbons (Fsp3) is 0.611.